The zero-order valence-corrected chi connectivity index (χ0v) is 20.4. The molecule has 3 aliphatic rings. The third kappa shape index (κ3) is 5.47. The van der Waals surface area contributed by atoms with Crippen molar-refractivity contribution in [3.8, 4) is 0 Å². The summed E-state index contributed by atoms with van der Waals surface area (Å²) in [6.07, 6.45) is 1.86. The summed E-state index contributed by atoms with van der Waals surface area (Å²) in [6, 6.07) is 6.02. The van der Waals surface area contributed by atoms with Gasteiger partial charge in [-0.1, -0.05) is 0 Å². The van der Waals surface area contributed by atoms with Gasteiger partial charge in [-0.25, -0.2) is 18.0 Å². The fourth-order valence-electron chi connectivity index (χ4n) is 4.80. The summed E-state index contributed by atoms with van der Waals surface area (Å²) in [5, 5.41) is 34.1. The number of hydrazone groups is 1. The van der Waals surface area contributed by atoms with Gasteiger partial charge in [0.1, 0.15) is 23.6 Å². The molecule has 0 spiro atoms. The number of halogens is 3. The van der Waals surface area contributed by atoms with E-state index in [0.29, 0.717) is 37.6 Å². The molecule has 2 heterocycles. The second-order valence-corrected chi connectivity index (χ2v) is 9.65. The van der Waals surface area contributed by atoms with Crippen LogP contribution in [-0.4, -0.2) is 77.4 Å². The number of aliphatic hydroxyl groups is 2. The molecule has 2 aliphatic heterocycles. The fourth-order valence-corrected chi connectivity index (χ4v) is 4.80. The van der Waals surface area contributed by atoms with Crippen LogP contribution in [0.2, 0.25) is 0 Å². The first-order valence-electron chi connectivity index (χ1n) is 12.3. The van der Waals surface area contributed by atoms with E-state index in [1.807, 2.05) is 14.7 Å². The number of benzene rings is 2. The molecule has 2 fully saturated rings. The lowest BCUT2D eigenvalue weighted by atomic mass is 9.95. The SMILES string of the molecule is O=C(O)C1=CN(C2CC2)c2cc(N3CCN(CC(O)N/N=C/c4cc(F)ccc4F)CC3)c(F)cc2C1O. The molecule has 38 heavy (non-hydrogen) atoms. The minimum absolute atomic E-state index is 0.0483. The molecule has 1 saturated heterocycles. The third-order valence-electron chi connectivity index (χ3n) is 6.96. The van der Waals surface area contributed by atoms with Crippen LogP contribution in [0.3, 0.4) is 0 Å². The van der Waals surface area contributed by atoms with E-state index in [9.17, 15) is 28.9 Å². The van der Waals surface area contributed by atoms with Gasteiger partial charge in [-0.05, 0) is 43.2 Å². The lowest BCUT2D eigenvalue weighted by Gasteiger charge is -2.38. The fraction of sp³-hybridized carbons (Fsp3) is 0.385. The number of hydrogen-bond donors (Lipinski definition) is 4. The number of aliphatic carboxylic acids is 1. The van der Waals surface area contributed by atoms with E-state index in [-0.39, 0.29) is 29.3 Å². The Morgan fingerprint density at radius 2 is 1.82 bits per heavy atom. The van der Waals surface area contributed by atoms with E-state index in [1.165, 1.54) is 12.3 Å². The van der Waals surface area contributed by atoms with E-state index in [4.69, 9.17) is 0 Å². The smallest absolute Gasteiger partial charge is 0.336 e. The van der Waals surface area contributed by atoms with Gasteiger partial charge in [0.15, 0.2) is 6.23 Å². The predicted molar refractivity (Wildman–Crippen MR) is 134 cm³/mol. The van der Waals surface area contributed by atoms with Crippen LogP contribution >= 0.6 is 0 Å². The molecule has 0 amide bonds. The molecule has 9 nitrogen and oxygen atoms in total. The first-order valence-corrected chi connectivity index (χ1v) is 12.3. The molecule has 12 heteroatoms. The van der Waals surface area contributed by atoms with Crippen molar-refractivity contribution in [2.45, 2.75) is 31.2 Å². The number of nitrogens with one attached hydrogen (secondary N) is 1. The number of rotatable bonds is 8. The second-order valence-electron chi connectivity index (χ2n) is 9.65. The van der Waals surface area contributed by atoms with E-state index in [1.54, 1.807) is 6.07 Å². The molecule has 202 valence electrons. The van der Waals surface area contributed by atoms with Crippen LogP contribution in [0, 0.1) is 17.5 Å². The van der Waals surface area contributed by atoms with Gasteiger partial charge in [-0.2, -0.15) is 5.10 Å². The molecule has 2 unspecified atom stereocenters. The number of carbonyl (C=O) groups is 1. The number of carboxylic acids is 1. The lowest BCUT2D eigenvalue weighted by molar-refractivity contribution is -0.133. The number of anilines is 2. The zero-order valence-electron chi connectivity index (χ0n) is 20.4. The summed E-state index contributed by atoms with van der Waals surface area (Å²) in [4.78, 5) is 17.3. The molecule has 0 radical (unpaired) electrons. The molecule has 1 aliphatic carbocycles. The molecule has 2 aromatic carbocycles. The Labute approximate surface area is 217 Å². The summed E-state index contributed by atoms with van der Waals surface area (Å²) in [6.45, 7) is 2.21. The van der Waals surface area contributed by atoms with Crippen LogP contribution in [-0.2, 0) is 4.79 Å². The van der Waals surface area contributed by atoms with Crippen molar-refractivity contribution in [2.24, 2.45) is 5.10 Å². The molecule has 1 saturated carbocycles. The highest BCUT2D eigenvalue weighted by Gasteiger charge is 2.38. The number of aliphatic hydroxyl groups excluding tert-OH is 2. The molecule has 0 bridgehead atoms. The maximum Gasteiger partial charge on any atom is 0.336 e. The van der Waals surface area contributed by atoms with Gasteiger partial charge in [0.2, 0.25) is 0 Å². The number of carboxylic acid groups (broad SMARTS) is 1. The summed E-state index contributed by atoms with van der Waals surface area (Å²) < 4.78 is 42.1. The second kappa shape index (κ2) is 10.6. The van der Waals surface area contributed by atoms with Crippen molar-refractivity contribution in [3.05, 3.63) is 70.7 Å². The highest BCUT2D eigenvalue weighted by Crippen LogP contribution is 2.44. The van der Waals surface area contributed by atoms with E-state index in [0.717, 1.165) is 37.3 Å². The van der Waals surface area contributed by atoms with Gasteiger partial charge in [-0.3, -0.25) is 10.3 Å². The normalized spacial score (nSPS) is 20.9. The highest BCUT2D eigenvalue weighted by atomic mass is 19.1. The maximum atomic E-state index is 15.2. The third-order valence-corrected chi connectivity index (χ3v) is 6.96. The van der Waals surface area contributed by atoms with Crippen molar-refractivity contribution in [2.75, 3.05) is 42.5 Å². The van der Waals surface area contributed by atoms with Gasteiger partial charge < -0.3 is 25.1 Å². The highest BCUT2D eigenvalue weighted by molar-refractivity contribution is 5.91. The largest absolute Gasteiger partial charge is 0.478 e. The van der Waals surface area contributed by atoms with E-state index < -0.39 is 35.8 Å². The van der Waals surface area contributed by atoms with Crippen LogP contribution in [0.15, 0.2) is 47.2 Å². The molecular weight excluding hydrogens is 503 g/mol. The van der Waals surface area contributed by atoms with Crippen molar-refractivity contribution in [1.82, 2.24) is 10.3 Å². The monoisotopic (exact) mass is 531 g/mol. The van der Waals surface area contributed by atoms with Crippen LogP contribution < -0.4 is 15.2 Å². The molecule has 2 atom stereocenters. The zero-order chi connectivity index (χ0) is 27.0. The minimum Gasteiger partial charge on any atom is -0.478 e. The van der Waals surface area contributed by atoms with Gasteiger partial charge in [-0.15, -0.1) is 0 Å². The number of fused-ring (bicyclic) bond motifs is 1. The lowest BCUT2D eigenvalue weighted by Crippen LogP contribution is -2.50. The van der Waals surface area contributed by atoms with Crippen LogP contribution in [0.5, 0.6) is 0 Å². The van der Waals surface area contributed by atoms with Crippen LogP contribution in [0.4, 0.5) is 24.5 Å². The number of hydrogen-bond acceptors (Lipinski definition) is 8. The Balaban J connectivity index is 1.20. The predicted octanol–water partition coefficient (Wildman–Crippen LogP) is 2.15. The molecule has 0 aromatic heterocycles. The Hall–Kier alpha value is -3.61. The Kier molecular flexibility index (Phi) is 7.28. The van der Waals surface area contributed by atoms with Crippen LogP contribution in [0.25, 0.3) is 0 Å². The summed E-state index contributed by atoms with van der Waals surface area (Å²) in [7, 11) is 0. The topological polar surface area (TPSA) is 112 Å². The maximum absolute atomic E-state index is 15.2. The van der Waals surface area contributed by atoms with Gasteiger partial charge in [0.05, 0.1) is 17.5 Å². The Morgan fingerprint density at radius 1 is 1.08 bits per heavy atom. The van der Waals surface area contributed by atoms with E-state index >= 15 is 4.39 Å². The number of nitrogens with zero attached hydrogens (tertiary/aromatic N) is 4. The minimum atomic E-state index is -1.41. The molecule has 4 N–H and O–H groups in total. The molecule has 5 rings (SSSR count). The Bertz CT molecular complexity index is 1280. The average molecular weight is 532 g/mol. The van der Waals surface area contributed by atoms with Gasteiger partial charge in [0, 0.05) is 61.8 Å². The first kappa shape index (κ1) is 26.0. The van der Waals surface area contributed by atoms with Crippen molar-refractivity contribution < 1.29 is 33.3 Å². The Morgan fingerprint density at radius 3 is 2.50 bits per heavy atom. The van der Waals surface area contributed by atoms with Crippen LogP contribution in [0.1, 0.15) is 30.1 Å². The summed E-state index contributed by atoms with van der Waals surface area (Å²) in [5.41, 5.74) is 3.48. The molecule has 2 aromatic rings. The van der Waals surface area contributed by atoms with Gasteiger partial charge in [0.25, 0.3) is 0 Å². The van der Waals surface area contributed by atoms with Crippen molar-refractivity contribution in [3.63, 3.8) is 0 Å². The molecular formula is C26H28F3N5O4. The van der Waals surface area contributed by atoms with E-state index in [2.05, 4.69) is 10.5 Å². The number of piperazine rings is 1. The number of β-amino-alcohol motifs (C(OH)–C–C–N with tert-alkyl or cyclic N) is 1. The average Bonchev–Trinajstić information content (AvgIpc) is 3.72. The first-order chi connectivity index (χ1) is 18.2. The quantitative estimate of drug-likeness (QED) is 0.233. The summed E-state index contributed by atoms with van der Waals surface area (Å²) in [5.74, 6) is -3.01. The van der Waals surface area contributed by atoms with Gasteiger partial charge >= 0.3 is 5.97 Å². The van der Waals surface area contributed by atoms with Crippen molar-refractivity contribution >= 4 is 23.6 Å². The standard InChI is InChI=1S/C26H28F3N5O4/c27-16-1-4-20(28)15(9-16)12-30-31-24(35)14-32-5-7-33(8-6-32)23-11-22-18(10-21(23)29)25(36)19(26(37)38)13-34(22)17-2-3-17/h1,4,9-13,17,24-25,31,35-36H,2-3,5-8,14H2,(H,37,38)/b30-12+. The summed E-state index contributed by atoms with van der Waals surface area (Å²) >= 11 is 0. The van der Waals surface area contributed by atoms with Crippen molar-refractivity contribution in [1.29, 1.82) is 0 Å².